The van der Waals surface area contributed by atoms with Crippen molar-refractivity contribution in [3.05, 3.63) is 59.1 Å². The quantitative estimate of drug-likeness (QED) is 0.708. The first-order chi connectivity index (χ1) is 8.75. The zero-order chi connectivity index (χ0) is 12.5. The predicted octanol–water partition coefficient (Wildman–Crippen LogP) is 2.56. The van der Waals surface area contributed by atoms with Crippen LogP contribution in [0.5, 0.6) is 5.75 Å². The number of aromatic nitrogens is 1. The molecule has 0 spiro atoms. The highest BCUT2D eigenvalue weighted by Gasteiger charge is 2.09. The number of hydrogen-bond donors (Lipinski definition) is 1. The number of phenols is 1. The molecule has 4 heteroatoms. The SMILES string of the molecule is O=c1ccoc2nccc(-c3ccc(O)cc3)c12. The molecule has 0 atom stereocenters. The van der Waals surface area contributed by atoms with Gasteiger partial charge in [-0.15, -0.1) is 0 Å². The highest BCUT2D eigenvalue weighted by Crippen LogP contribution is 2.26. The fourth-order valence-electron chi connectivity index (χ4n) is 1.90. The maximum absolute atomic E-state index is 11.9. The van der Waals surface area contributed by atoms with Crippen molar-refractivity contribution in [2.75, 3.05) is 0 Å². The van der Waals surface area contributed by atoms with Gasteiger partial charge in [-0.3, -0.25) is 4.79 Å². The molecule has 4 nitrogen and oxygen atoms in total. The van der Waals surface area contributed by atoms with Gasteiger partial charge < -0.3 is 9.52 Å². The molecule has 3 aromatic rings. The van der Waals surface area contributed by atoms with E-state index in [1.807, 2.05) is 0 Å². The van der Waals surface area contributed by atoms with Crippen molar-refractivity contribution in [3.8, 4) is 16.9 Å². The molecule has 0 unspecified atom stereocenters. The van der Waals surface area contributed by atoms with Crippen molar-refractivity contribution in [2.24, 2.45) is 0 Å². The normalized spacial score (nSPS) is 10.7. The molecule has 0 aliphatic heterocycles. The number of pyridine rings is 1. The third kappa shape index (κ3) is 1.64. The molecule has 0 saturated carbocycles. The first-order valence-electron chi connectivity index (χ1n) is 5.41. The molecule has 1 N–H and O–H groups in total. The van der Waals surface area contributed by atoms with Crippen LogP contribution < -0.4 is 5.43 Å². The molecule has 0 amide bonds. The second-order valence-electron chi connectivity index (χ2n) is 3.87. The van der Waals surface area contributed by atoms with Crippen LogP contribution >= 0.6 is 0 Å². The van der Waals surface area contributed by atoms with Crippen molar-refractivity contribution in [1.29, 1.82) is 0 Å². The Bertz CT molecular complexity index is 755. The Morgan fingerprint density at radius 3 is 2.61 bits per heavy atom. The van der Waals surface area contributed by atoms with Crippen molar-refractivity contribution < 1.29 is 9.52 Å². The molecule has 2 heterocycles. The molecule has 0 saturated heterocycles. The molecular weight excluding hydrogens is 230 g/mol. The number of fused-ring (bicyclic) bond motifs is 1. The predicted molar refractivity (Wildman–Crippen MR) is 67.4 cm³/mol. The van der Waals surface area contributed by atoms with E-state index in [2.05, 4.69) is 4.98 Å². The van der Waals surface area contributed by atoms with Crippen molar-refractivity contribution in [3.63, 3.8) is 0 Å². The van der Waals surface area contributed by atoms with E-state index in [-0.39, 0.29) is 11.2 Å². The first kappa shape index (κ1) is 10.5. The highest BCUT2D eigenvalue weighted by molar-refractivity contribution is 5.91. The Kier molecular flexibility index (Phi) is 2.34. The van der Waals surface area contributed by atoms with E-state index in [0.29, 0.717) is 11.1 Å². The lowest BCUT2D eigenvalue weighted by molar-refractivity contribution is 0.475. The molecule has 0 bridgehead atoms. The summed E-state index contributed by atoms with van der Waals surface area (Å²) in [5.41, 5.74) is 1.76. The van der Waals surface area contributed by atoms with E-state index in [4.69, 9.17) is 4.42 Å². The summed E-state index contributed by atoms with van der Waals surface area (Å²) in [5, 5.41) is 9.73. The summed E-state index contributed by atoms with van der Waals surface area (Å²) in [5.74, 6) is 0.184. The van der Waals surface area contributed by atoms with Crippen LogP contribution in [0, 0.1) is 0 Å². The van der Waals surface area contributed by atoms with Crippen LogP contribution in [0.15, 0.2) is 58.1 Å². The van der Waals surface area contributed by atoms with Gasteiger partial charge in [-0.2, -0.15) is 0 Å². The van der Waals surface area contributed by atoms with Crippen molar-refractivity contribution in [1.82, 2.24) is 4.98 Å². The minimum absolute atomic E-state index is 0.132. The number of benzene rings is 1. The Balaban J connectivity index is 2.36. The molecule has 18 heavy (non-hydrogen) atoms. The van der Waals surface area contributed by atoms with Gasteiger partial charge in [0.25, 0.3) is 0 Å². The fourth-order valence-corrected chi connectivity index (χ4v) is 1.90. The minimum Gasteiger partial charge on any atom is -0.508 e. The minimum atomic E-state index is -0.132. The van der Waals surface area contributed by atoms with Gasteiger partial charge in [-0.05, 0) is 29.3 Å². The van der Waals surface area contributed by atoms with E-state index < -0.39 is 0 Å². The Labute approximate surface area is 102 Å². The van der Waals surface area contributed by atoms with Crippen LogP contribution in [0.2, 0.25) is 0 Å². The summed E-state index contributed by atoms with van der Waals surface area (Å²) in [6, 6.07) is 9.77. The zero-order valence-electron chi connectivity index (χ0n) is 9.33. The molecule has 1 aromatic carbocycles. The summed E-state index contributed by atoms with van der Waals surface area (Å²) in [4.78, 5) is 15.9. The molecule has 0 radical (unpaired) electrons. The largest absolute Gasteiger partial charge is 0.508 e. The van der Waals surface area contributed by atoms with Gasteiger partial charge in [0.2, 0.25) is 5.71 Å². The highest BCUT2D eigenvalue weighted by atomic mass is 16.3. The van der Waals surface area contributed by atoms with Crippen molar-refractivity contribution >= 4 is 11.1 Å². The van der Waals surface area contributed by atoms with Gasteiger partial charge in [0.05, 0.1) is 11.6 Å². The molecule has 0 aliphatic carbocycles. The van der Waals surface area contributed by atoms with E-state index >= 15 is 0 Å². The molecule has 0 aliphatic rings. The van der Waals surface area contributed by atoms with Crippen LogP contribution in [0.3, 0.4) is 0 Å². The van der Waals surface area contributed by atoms with E-state index in [1.165, 1.54) is 12.3 Å². The van der Waals surface area contributed by atoms with Crippen LogP contribution in [0.4, 0.5) is 0 Å². The van der Waals surface area contributed by atoms with Gasteiger partial charge in [0, 0.05) is 12.3 Å². The lowest BCUT2D eigenvalue weighted by Gasteiger charge is -2.04. The summed E-state index contributed by atoms with van der Waals surface area (Å²) in [6.07, 6.45) is 2.92. The second kappa shape index (κ2) is 4.00. The van der Waals surface area contributed by atoms with Gasteiger partial charge in [-0.1, -0.05) is 12.1 Å². The average Bonchev–Trinajstić information content (AvgIpc) is 2.39. The zero-order valence-corrected chi connectivity index (χ0v) is 9.33. The smallest absolute Gasteiger partial charge is 0.230 e. The Morgan fingerprint density at radius 1 is 1.06 bits per heavy atom. The van der Waals surface area contributed by atoms with E-state index in [0.717, 1.165) is 11.1 Å². The molecule has 3 rings (SSSR count). The maximum Gasteiger partial charge on any atom is 0.230 e. The maximum atomic E-state index is 11.9. The molecule has 0 fully saturated rings. The number of rotatable bonds is 1. The van der Waals surface area contributed by atoms with E-state index in [9.17, 15) is 9.90 Å². The fraction of sp³-hybridized carbons (Fsp3) is 0. The number of hydrogen-bond acceptors (Lipinski definition) is 4. The molecule has 88 valence electrons. The number of nitrogens with zero attached hydrogens (tertiary/aromatic N) is 1. The monoisotopic (exact) mass is 239 g/mol. The van der Waals surface area contributed by atoms with Crippen LogP contribution in [0.25, 0.3) is 22.2 Å². The van der Waals surface area contributed by atoms with Gasteiger partial charge in [0.15, 0.2) is 5.43 Å². The van der Waals surface area contributed by atoms with Gasteiger partial charge in [0.1, 0.15) is 5.75 Å². The standard InChI is InChI=1S/C14H9NO3/c16-10-3-1-9(2-4-10)11-5-7-15-14-13(11)12(17)6-8-18-14/h1-8,16H. The summed E-state index contributed by atoms with van der Waals surface area (Å²) in [6.45, 7) is 0. The molecule has 2 aromatic heterocycles. The Morgan fingerprint density at radius 2 is 1.83 bits per heavy atom. The van der Waals surface area contributed by atoms with Crippen LogP contribution in [-0.4, -0.2) is 10.1 Å². The third-order valence-corrected chi connectivity index (χ3v) is 2.74. The van der Waals surface area contributed by atoms with Crippen LogP contribution in [0.1, 0.15) is 0 Å². The molecular formula is C14H9NO3. The summed E-state index contributed by atoms with van der Waals surface area (Å²) >= 11 is 0. The first-order valence-corrected chi connectivity index (χ1v) is 5.41. The van der Waals surface area contributed by atoms with Gasteiger partial charge >= 0.3 is 0 Å². The average molecular weight is 239 g/mol. The summed E-state index contributed by atoms with van der Waals surface area (Å²) in [7, 11) is 0. The topological polar surface area (TPSA) is 63.3 Å². The van der Waals surface area contributed by atoms with E-state index in [1.54, 1.807) is 36.5 Å². The lowest BCUT2D eigenvalue weighted by atomic mass is 10.0. The second-order valence-corrected chi connectivity index (χ2v) is 3.87. The van der Waals surface area contributed by atoms with Crippen molar-refractivity contribution in [2.45, 2.75) is 0 Å². The Hall–Kier alpha value is -2.62. The third-order valence-electron chi connectivity index (χ3n) is 2.74. The lowest BCUT2D eigenvalue weighted by Crippen LogP contribution is -2.01. The number of aromatic hydroxyl groups is 1. The summed E-state index contributed by atoms with van der Waals surface area (Å²) < 4.78 is 5.22. The van der Waals surface area contributed by atoms with Gasteiger partial charge in [-0.25, -0.2) is 4.98 Å². The van der Waals surface area contributed by atoms with Crippen LogP contribution in [-0.2, 0) is 0 Å². The number of phenolic OH excluding ortho intramolecular Hbond substituents is 1.